The van der Waals surface area contributed by atoms with Gasteiger partial charge in [0.1, 0.15) is 0 Å². The highest BCUT2D eigenvalue weighted by Gasteiger charge is 2.01. The van der Waals surface area contributed by atoms with E-state index in [0.717, 1.165) is 15.0 Å². The zero-order valence-corrected chi connectivity index (χ0v) is 7.13. The normalized spacial score (nSPS) is 13.7. The van der Waals surface area contributed by atoms with Crippen LogP contribution in [0.15, 0.2) is 27.7 Å². The van der Waals surface area contributed by atoms with Crippen LogP contribution < -0.4 is 10.6 Å². The molecule has 54 valence electrons. The molecule has 0 aromatic heterocycles. The molecule has 0 saturated heterocycles. The predicted octanol–water partition coefficient (Wildman–Crippen LogP) is 0.389. The number of hydrogen-bond acceptors (Lipinski definition) is 1. The van der Waals surface area contributed by atoms with Crippen molar-refractivity contribution < 1.29 is 4.79 Å². The molecular weight excluding hydrogens is 206 g/mol. The molecule has 11 heavy (non-hydrogen) atoms. The largest absolute Gasteiger partial charge is 0.270 e. The van der Waals surface area contributed by atoms with Crippen molar-refractivity contribution in [1.82, 2.24) is 0 Å². The number of hydrogen-bond donors (Lipinski definition) is 0. The number of carbonyl (C=O) groups is 1. The van der Waals surface area contributed by atoms with Gasteiger partial charge in [0.2, 0.25) is 0 Å². The highest BCUT2D eigenvalue weighted by Crippen LogP contribution is 2.02. The minimum absolute atomic E-state index is 0.168. The Hall–Kier alpha value is -0.960. The lowest BCUT2D eigenvalue weighted by atomic mass is 10.3. The minimum atomic E-state index is -0.168. The Bertz CT molecular complexity index is 436. The summed E-state index contributed by atoms with van der Waals surface area (Å²) in [7, 11) is 0. The highest BCUT2D eigenvalue weighted by atomic mass is 79.9. The standard InChI is InChI=1S/C8H4BrNO/c9-6-1-2-7-5(3-6)4-8(11)10-7/h1-4H. The van der Waals surface area contributed by atoms with Crippen molar-refractivity contribution in [3.05, 3.63) is 33.2 Å². The van der Waals surface area contributed by atoms with Crippen molar-refractivity contribution in [1.29, 1.82) is 0 Å². The molecule has 3 heteroatoms. The second-order valence-electron chi connectivity index (χ2n) is 2.30. The van der Waals surface area contributed by atoms with Gasteiger partial charge in [0, 0.05) is 15.8 Å². The van der Waals surface area contributed by atoms with Crippen LogP contribution >= 0.6 is 15.9 Å². The summed E-state index contributed by atoms with van der Waals surface area (Å²) in [5.41, 5.74) is 0. The maximum atomic E-state index is 10.8. The molecule has 0 radical (unpaired) electrons. The lowest BCUT2D eigenvalue weighted by molar-refractivity contribution is -0.112. The maximum absolute atomic E-state index is 10.8. The second kappa shape index (κ2) is 2.27. The van der Waals surface area contributed by atoms with E-state index in [9.17, 15) is 4.79 Å². The van der Waals surface area contributed by atoms with Crippen LogP contribution in [0.2, 0.25) is 0 Å². The summed E-state index contributed by atoms with van der Waals surface area (Å²) in [4.78, 5) is 14.6. The monoisotopic (exact) mass is 209 g/mol. The molecule has 0 bridgehead atoms. The van der Waals surface area contributed by atoms with Crippen LogP contribution in [0.3, 0.4) is 0 Å². The first-order chi connectivity index (χ1) is 5.25. The molecule has 0 N–H and O–H groups in total. The number of amides is 1. The van der Waals surface area contributed by atoms with Crippen LogP contribution in [0.25, 0.3) is 6.08 Å². The van der Waals surface area contributed by atoms with E-state index in [2.05, 4.69) is 20.9 Å². The third-order valence-electron chi connectivity index (χ3n) is 1.50. The van der Waals surface area contributed by atoms with Gasteiger partial charge in [-0.1, -0.05) is 15.9 Å². The summed E-state index contributed by atoms with van der Waals surface area (Å²) in [6, 6.07) is 5.57. The number of fused-ring (bicyclic) bond motifs is 1. The molecule has 1 amide bonds. The first-order valence-electron chi connectivity index (χ1n) is 3.16. The van der Waals surface area contributed by atoms with E-state index in [0.29, 0.717) is 0 Å². The van der Waals surface area contributed by atoms with Gasteiger partial charge in [-0.15, -0.1) is 0 Å². The molecule has 0 fully saturated rings. The average molecular weight is 210 g/mol. The SMILES string of the molecule is O=C1C=c2cc(Br)ccc2=N1. The Morgan fingerprint density at radius 2 is 2.18 bits per heavy atom. The molecule has 2 nitrogen and oxygen atoms in total. The molecule has 0 aliphatic carbocycles. The lowest BCUT2D eigenvalue weighted by Crippen LogP contribution is -2.20. The summed E-state index contributed by atoms with van der Waals surface area (Å²) >= 11 is 3.31. The van der Waals surface area contributed by atoms with Crippen LogP contribution in [-0.2, 0) is 4.79 Å². The molecule has 0 atom stereocenters. The van der Waals surface area contributed by atoms with Gasteiger partial charge in [0.15, 0.2) is 0 Å². The van der Waals surface area contributed by atoms with Crippen LogP contribution in [0.4, 0.5) is 0 Å². The summed E-state index contributed by atoms with van der Waals surface area (Å²) in [5, 5.41) is 1.66. The van der Waals surface area contributed by atoms with Crippen molar-refractivity contribution in [3.63, 3.8) is 0 Å². The average Bonchev–Trinajstić information content (AvgIpc) is 2.27. The van der Waals surface area contributed by atoms with Crippen molar-refractivity contribution in [2.45, 2.75) is 0 Å². The summed E-state index contributed by atoms with van der Waals surface area (Å²) in [6.07, 6.45) is 1.53. The van der Waals surface area contributed by atoms with Gasteiger partial charge < -0.3 is 0 Å². The molecule has 0 unspecified atom stereocenters. The van der Waals surface area contributed by atoms with Gasteiger partial charge in [0.25, 0.3) is 5.91 Å². The van der Waals surface area contributed by atoms with Crippen LogP contribution in [-0.4, -0.2) is 5.91 Å². The third kappa shape index (κ3) is 1.12. The maximum Gasteiger partial charge on any atom is 0.270 e. The molecule has 0 spiro atoms. The highest BCUT2D eigenvalue weighted by molar-refractivity contribution is 9.10. The molecule has 1 aliphatic rings. The zero-order valence-electron chi connectivity index (χ0n) is 5.54. The van der Waals surface area contributed by atoms with Gasteiger partial charge >= 0.3 is 0 Å². The Balaban J connectivity index is 2.89. The molecular formula is C8H4BrNO. The second-order valence-corrected chi connectivity index (χ2v) is 3.21. The van der Waals surface area contributed by atoms with E-state index in [1.807, 2.05) is 18.2 Å². The van der Waals surface area contributed by atoms with E-state index in [4.69, 9.17) is 0 Å². The number of halogens is 1. The van der Waals surface area contributed by atoms with Gasteiger partial charge in [-0.3, -0.25) is 4.79 Å². The molecule has 2 rings (SSSR count). The molecule has 1 aromatic carbocycles. The Labute approximate surface area is 71.4 Å². The van der Waals surface area contributed by atoms with Crippen molar-refractivity contribution in [3.8, 4) is 0 Å². The fraction of sp³-hybridized carbons (Fsp3) is 0. The summed E-state index contributed by atoms with van der Waals surface area (Å²) in [6.45, 7) is 0. The zero-order chi connectivity index (χ0) is 7.84. The third-order valence-corrected chi connectivity index (χ3v) is 1.99. The number of rotatable bonds is 0. The lowest BCUT2D eigenvalue weighted by Gasteiger charge is -1.84. The van der Waals surface area contributed by atoms with Crippen LogP contribution in [0.1, 0.15) is 0 Å². The van der Waals surface area contributed by atoms with Crippen LogP contribution in [0.5, 0.6) is 0 Å². The van der Waals surface area contributed by atoms with Gasteiger partial charge in [-0.2, -0.15) is 0 Å². The van der Waals surface area contributed by atoms with Crippen molar-refractivity contribution in [2.75, 3.05) is 0 Å². The Morgan fingerprint density at radius 3 is 3.00 bits per heavy atom. The quantitative estimate of drug-likeness (QED) is 0.609. The topological polar surface area (TPSA) is 29.4 Å². The van der Waals surface area contributed by atoms with Gasteiger partial charge in [-0.05, 0) is 18.2 Å². The first kappa shape index (κ1) is 6.73. The van der Waals surface area contributed by atoms with E-state index in [-0.39, 0.29) is 5.91 Å². The summed E-state index contributed by atoms with van der Waals surface area (Å²) in [5.74, 6) is -0.168. The van der Waals surface area contributed by atoms with Crippen LogP contribution in [0, 0.1) is 0 Å². The molecule has 1 heterocycles. The number of nitrogens with zero attached hydrogens (tertiary/aromatic N) is 1. The molecule has 0 saturated carbocycles. The summed E-state index contributed by atoms with van der Waals surface area (Å²) < 4.78 is 0.970. The van der Waals surface area contributed by atoms with Crippen molar-refractivity contribution in [2.24, 2.45) is 4.99 Å². The predicted molar refractivity (Wildman–Crippen MR) is 44.4 cm³/mol. The van der Waals surface area contributed by atoms with Crippen molar-refractivity contribution >= 4 is 27.9 Å². The number of benzene rings is 1. The van der Waals surface area contributed by atoms with E-state index >= 15 is 0 Å². The number of carbonyl (C=O) groups excluding carboxylic acids is 1. The van der Waals surface area contributed by atoms with Gasteiger partial charge in [0.05, 0.1) is 5.36 Å². The molecule has 1 aromatic rings. The Kier molecular flexibility index (Phi) is 1.39. The van der Waals surface area contributed by atoms with E-state index < -0.39 is 0 Å². The fourth-order valence-electron chi connectivity index (χ4n) is 1.03. The fourth-order valence-corrected chi connectivity index (χ4v) is 1.41. The smallest absolute Gasteiger partial charge is 0.267 e. The van der Waals surface area contributed by atoms with Gasteiger partial charge in [-0.25, -0.2) is 4.99 Å². The molecule has 1 aliphatic heterocycles. The van der Waals surface area contributed by atoms with E-state index in [1.54, 1.807) is 0 Å². The van der Waals surface area contributed by atoms with E-state index in [1.165, 1.54) is 6.08 Å². The first-order valence-corrected chi connectivity index (χ1v) is 3.95. The Morgan fingerprint density at radius 1 is 1.36 bits per heavy atom. The minimum Gasteiger partial charge on any atom is -0.267 e.